The van der Waals surface area contributed by atoms with Crippen molar-refractivity contribution in [2.45, 2.75) is 63.9 Å². The van der Waals surface area contributed by atoms with E-state index >= 15 is 0 Å². The van der Waals surface area contributed by atoms with Crippen molar-refractivity contribution in [1.82, 2.24) is 24.4 Å². The zero-order valence-corrected chi connectivity index (χ0v) is 34.5. The van der Waals surface area contributed by atoms with Crippen LogP contribution in [-0.2, 0) is 17.8 Å². The highest BCUT2D eigenvalue weighted by Gasteiger charge is 2.50. The molecule has 4 aliphatic rings. The lowest BCUT2D eigenvalue weighted by atomic mass is 9.91. The molecule has 9 rings (SSSR count). The number of thiazole rings is 1. The van der Waals surface area contributed by atoms with Gasteiger partial charge in [-0.2, -0.15) is 0 Å². The molecule has 4 fully saturated rings. The molecule has 15 heteroatoms. The molecule has 58 heavy (non-hydrogen) atoms. The highest BCUT2D eigenvalue weighted by molar-refractivity contribution is 7.09. The van der Waals surface area contributed by atoms with Gasteiger partial charge in [0.25, 0.3) is 0 Å². The second-order valence-corrected chi connectivity index (χ2v) is 17.3. The molecule has 1 N–H and O–H groups in total. The van der Waals surface area contributed by atoms with E-state index in [0.717, 1.165) is 77.8 Å². The van der Waals surface area contributed by atoms with Crippen molar-refractivity contribution < 1.29 is 33.6 Å². The van der Waals surface area contributed by atoms with Crippen LogP contribution < -0.4 is 14.2 Å². The molecule has 2 aromatic heterocycles. The minimum absolute atomic E-state index is 0.0507. The number of aromatic nitrogens is 3. The fourth-order valence-corrected chi connectivity index (χ4v) is 10.2. The topological polar surface area (TPSA) is 136 Å². The lowest BCUT2D eigenvalue weighted by Gasteiger charge is -2.26. The van der Waals surface area contributed by atoms with E-state index in [1.54, 1.807) is 11.1 Å². The summed E-state index contributed by atoms with van der Waals surface area (Å²) < 4.78 is 27.3. The number of amides is 2. The first-order valence-corrected chi connectivity index (χ1v) is 21.8. The van der Waals surface area contributed by atoms with Crippen LogP contribution in [0.3, 0.4) is 0 Å². The van der Waals surface area contributed by atoms with Gasteiger partial charge in [0.15, 0.2) is 0 Å². The highest BCUT2D eigenvalue weighted by atomic mass is 35.5. The van der Waals surface area contributed by atoms with Gasteiger partial charge in [-0.15, -0.1) is 16.4 Å². The third-order valence-electron chi connectivity index (χ3n) is 11.6. The second kappa shape index (κ2) is 18.3. The number of likely N-dealkylation sites (tertiary alicyclic amines) is 2. The fraction of sp³-hybridized carbons (Fsp3) is 0.419. The van der Waals surface area contributed by atoms with Gasteiger partial charge in [-0.1, -0.05) is 40.4 Å². The van der Waals surface area contributed by atoms with Gasteiger partial charge in [-0.25, -0.2) is 14.6 Å². The van der Waals surface area contributed by atoms with E-state index in [1.165, 1.54) is 22.9 Å². The number of benzene rings is 3. The van der Waals surface area contributed by atoms with Crippen LogP contribution in [0.1, 0.15) is 43.3 Å². The van der Waals surface area contributed by atoms with Gasteiger partial charge < -0.3 is 33.9 Å². The molecule has 2 saturated heterocycles. The minimum atomic E-state index is -0.849. The molecule has 0 radical (unpaired) electrons. The van der Waals surface area contributed by atoms with Crippen molar-refractivity contribution in [1.29, 1.82) is 0 Å². The summed E-state index contributed by atoms with van der Waals surface area (Å²) in [5.74, 6) is 4.16. The molecule has 2 aliphatic heterocycles. The number of ether oxygens (including phenoxy) is 4. The maximum atomic E-state index is 12.4. The van der Waals surface area contributed by atoms with Crippen LogP contribution in [0.2, 0.25) is 5.02 Å². The summed E-state index contributed by atoms with van der Waals surface area (Å²) in [6, 6.07) is 23.7. The van der Waals surface area contributed by atoms with Gasteiger partial charge in [0.2, 0.25) is 0 Å². The Kier molecular flexibility index (Phi) is 12.6. The Balaban J connectivity index is 0.000000168. The molecule has 3 unspecified atom stereocenters. The lowest BCUT2D eigenvalue weighted by Crippen LogP contribution is -2.39. The zero-order chi connectivity index (χ0) is 40.0. The average Bonchev–Trinajstić information content (AvgIpc) is 4.08. The summed E-state index contributed by atoms with van der Waals surface area (Å²) in [6.45, 7) is 4.96. The quantitative estimate of drug-likeness (QED) is 0.137. The Bertz CT molecular complexity index is 2090. The van der Waals surface area contributed by atoms with Gasteiger partial charge >= 0.3 is 12.2 Å². The van der Waals surface area contributed by atoms with Crippen molar-refractivity contribution in [3.8, 4) is 28.4 Å². The van der Waals surface area contributed by atoms with Crippen molar-refractivity contribution in [3.63, 3.8) is 0 Å². The van der Waals surface area contributed by atoms with Crippen LogP contribution in [0.5, 0.6) is 17.2 Å². The molecular weight excluding hydrogens is 798 g/mol. The van der Waals surface area contributed by atoms with Gasteiger partial charge in [0, 0.05) is 54.1 Å². The summed E-state index contributed by atoms with van der Waals surface area (Å²) >= 11 is 8.71. The molecule has 0 spiro atoms. The van der Waals surface area contributed by atoms with Gasteiger partial charge in [-0.05, 0) is 127 Å². The van der Waals surface area contributed by atoms with E-state index in [4.69, 9.17) is 30.5 Å². The van der Waals surface area contributed by atoms with Crippen LogP contribution in [0.25, 0.3) is 11.1 Å². The monoisotopic (exact) mass is 843 g/mol. The van der Waals surface area contributed by atoms with Crippen molar-refractivity contribution in [3.05, 3.63) is 105 Å². The number of fused-ring (bicyclic) bond motifs is 2. The van der Waals surface area contributed by atoms with Crippen LogP contribution in [-0.4, -0.2) is 86.2 Å². The maximum Gasteiger partial charge on any atom is 0.410 e. The van der Waals surface area contributed by atoms with Gasteiger partial charge in [0.05, 0.1) is 24.5 Å². The van der Waals surface area contributed by atoms with Crippen LogP contribution in [0, 0.1) is 23.7 Å². The number of rotatable bonds is 11. The SMILES string of the molecule is CCOc1ccc(-c2cccc(OC3CC4CN(C(=O)OCc5nccs5)CC4C3)c2)cc1.O=C(O)N1C[C@@H]2C[C@H](Oc3ccc(Cl)cc3)C[C@@H]2C1Cc1csnn1. The second-order valence-electron chi connectivity index (χ2n) is 15.3. The van der Waals surface area contributed by atoms with Crippen LogP contribution in [0.15, 0.2) is 89.8 Å². The molecule has 2 saturated carbocycles. The van der Waals surface area contributed by atoms with E-state index in [0.29, 0.717) is 48.3 Å². The van der Waals surface area contributed by atoms with E-state index in [2.05, 4.69) is 38.8 Å². The Morgan fingerprint density at radius 2 is 1.59 bits per heavy atom. The molecule has 2 aliphatic carbocycles. The Labute approximate surface area is 350 Å². The molecule has 5 aromatic rings. The first-order valence-electron chi connectivity index (χ1n) is 19.8. The van der Waals surface area contributed by atoms with E-state index < -0.39 is 6.09 Å². The maximum absolute atomic E-state index is 12.4. The van der Waals surface area contributed by atoms with E-state index in [9.17, 15) is 14.7 Å². The van der Waals surface area contributed by atoms with Crippen LogP contribution in [0.4, 0.5) is 9.59 Å². The van der Waals surface area contributed by atoms with Gasteiger partial charge in [0.1, 0.15) is 28.9 Å². The Hall–Kier alpha value is -4.92. The Morgan fingerprint density at radius 1 is 0.862 bits per heavy atom. The predicted octanol–water partition coefficient (Wildman–Crippen LogP) is 9.20. The number of carbonyl (C=O) groups excluding carboxylic acids is 1. The van der Waals surface area contributed by atoms with Gasteiger partial charge in [-0.3, -0.25) is 0 Å². The number of carboxylic acid groups (broad SMARTS) is 1. The third-order valence-corrected chi connectivity index (χ3v) is 13.2. The summed E-state index contributed by atoms with van der Waals surface area (Å²) in [4.78, 5) is 31.6. The molecule has 12 nitrogen and oxygen atoms in total. The molecule has 2 amide bonds. The molecule has 304 valence electrons. The predicted molar refractivity (Wildman–Crippen MR) is 222 cm³/mol. The number of carbonyl (C=O) groups is 2. The summed E-state index contributed by atoms with van der Waals surface area (Å²) in [6.07, 6.45) is 5.23. The van der Waals surface area contributed by atoms with E-state index in [1.807, 2.05) is 71.1 Å². The smallest absolute Gasteiger partial charge is 0.410 e. The summed E-state index contributed by atoms with van der Waals surface area (Å²) in [5.41, 5.74) is 3.13. The number of hydrogen-bond donors (Lipinski definition) is 1. The largest absolute Gasteiger partial charge is 0.494 e. The third kappa shape index (κ3) is 9.67. The molecule has 4 heterocycles. The van der Waals surface area contributed by atoms with Crippen molar-refractivity contribution >= 4 is 46.7 Å². The Morgan fingerprint density at radius 3 is 2.28 bits per heavy atom. The molecule has 3 aromatic carbocycles. The standard InChI is InChI=1S/C26H28N2O4S.C17H18ClN3O3S/c1-2-30-22-8-6-18(7-9-22)19-4-3-5-23(12-19)32-24-13-20-15-28(16-21(20)14-24)26(29)31-17-25-27-10-11-33-25;18-11-1-3-13(4-2-11)24-14-5-10-8-21(17(22)23)16(15(10)7-14)6-12-9-25-20-19-12/h3-12,20-21,24H,2,13-17H2,1H3;1-4,9-10,14-16H,5-8H2,(H,22,23)/t;10-,14-,15-,16?/m.0/s1. The number of halogens is 1. The fourth-order valence-electron chi connectivity index (χ4n) is 9.06. The summed E-state index contributed by atoms with van der Waals surface area (Å²) in [5, 5.41) is 18.9. The number of hydrogen-bond acceptors (Lipinski definition) is 11. The minimum Gasteiger partial charge on any atom is -0.494 e. The first-order chi connectivity index (χ1) is 28.3. The van der Waals surface area contributed by atoms with Crippen molar-refractivity contribution in [2.24, 2.45) is 23.7 Å². The van der Waals surface area contributed by atoms with Crippen LogP contribution >= 0.6 is 34.5 Å². The lowest BCUT2D eigenvalue weighted by molar-refractivity contribution is 0.0985. The molecule has 0 bridgehead atoms. The summed E-state index contributed by atoms with van der Waals surface area (Å²) in [7, 11) is 0. The van der Waals surface area contributed by atoms with E-state index in [-0.39, 0.29) is 30.9 Å². The first kappa shape index (κ1) is 39.9. The normalized spacial score (nSPS) is 24.4. The molecular formula is C43H46ClN5O7S2. The molecule has 6 atom stereocenters. The van der Waals surface area contributed by atoms with Crippen molar-refractivity contribution in [2.75, 3.05) is 26.2 Å². The zero-order valence-electron chi connectivity index (χ0n) is 32.1. The average molecular weight is 844 g/mol. The highest BCUT2D eigenvalue weighted by Crippen LogP contribution is 2.45. The number of nitrogens with zero attached hydrogens (tertiary/aromatic N) is 5.